The van der Waals surface area contributed by atoms with Gasteiger partial charge >= 0.3 is 134 Å². The third-order valence-corrected chi connectivity index (χ3v) is 14.8. The third kappa shape index (κ3) is 12.7. The first-order valence-electron chi connectivity index (χ1n) is 9.22. The Bertz CT molecular complexity index is 163. The van der Waals surface area contributed by atoms with E-state index in [1.54, 1.807) is 16.0 Å². The normalized spacial score (nSPS) is 12.8. The van der Waals surface area contributed by atoms with Gasteiger partial charge in [0.05, 0.1) is 0 Å². The number of unbranched alkanes of at least 4 members (excludes halogenated alkanes) is 9. The molecule has 0 nitrogen and oxygen atoms in total. The molecule has 0 aliphatic rings. The van der Waals surface area contributed by atoms with Crippen LogP contribution in [0.25, 0.3) is 0 Å². The molecule has 0 heterocycles. The standard InChI is InChI=1S/C18H41PSe/c1-4-7-10-13-16-20(19,17-14-11-8-5-2)18-15-12-9-6-3/h4-19H2,1-3H3. The SMILES string of the molecule is CCCCCC[Se](P)(CCCCCC)CCCCCC. The molecular weight excluding hydrogens is 326 g/mol. The van der Waals surface area contributed by atoms with Crippen molar-refractivity contribution in [1.29, 1.82) is 0 Å². The molecule has 0 amide bonds. The van der Waals surface area contributed by atoms with Gasteiger partial charge in [-0.2, -0.15) is 0 Å². The quantitative estimate of drug-likeness (QED) is 0.159. The van der Waals surface area contributed by atoms with Crippen LogP contribution in [0.3, 0.4) is 0 Å². The van der Waals surface area contributed by atoms with Crippen LogP contribution in [0.1, 0.15) is 97.8 Å². The Morgan fingerprint density at radius 3 is 1.05 bits per heavy atom. The minimum atomic E-state index is -1.18. The van der Waals surface area contributed by atoms with Crippen molar-refractivity contribution in [2.45, 2.75) is 114 Å². The molecular formula is C18H41PSe. The van der Waals surface area contributed by atoms with E-state index in [9.17, 15) is 0 Å². The summed E-state index contributed by atoms with van der Waals surface area (Å²) in [6.07, 6.45) is 17.4. The molecule has 0 aliphatic carbocycles. The van der Waals surface area contributed by atoms with Gasteiger partial charge in [0, 0.05) is 0 Å². The summed E-state index contributed by atoms with van der Waals surface area (Å²) in [7, 11) is 3.43. The Balaban J connectivity index is 3.98. The number of rotatable bonds is 15. The molecule has 0 fully saturated rings. The van der Waals surface area contributed by atoms with Gasteiger partial charge < -0.3 is 0 Å². The predicted octanol–water partition coefficient (Wildman–Crippen LogP) is 7.55. The topological polar surface area (TPSA) is 0 Å². The van der Waals surface area contributed by atoms with E-state index in [1.165, 1.54) is 77.0 Å². The van der Waals surface area contributed by atoms with Crippen LogP contribution in [0.2, 0.25) is 16.0 Å². The van der Waals surface area contributed by atoms with Gasteiger partial charge in [0.1, 0.15) is 0 Å². The van der Waals surface area contributed by atoms with Crippen molar-refractivity contribution in [3.8, 4) is 0 Å². The van der Waals surface area contributed by atoms with E-state index in [0.29, 0.717) is 0 Å². The van der Waals surface area contributed by atoms with E-state index >= 15 is 0 Å². The van der Waals surface area contributed by atoms with Crippen LogP contribution < -0.4 is 0 Å². The van der Waals surface area contributed by atoms with Crippen molar-refractivity contribution >= 4 is 20.3 Å². The second kappa shape index (κ2) is 14.9. The van der Waals surface area contributed by atoms with Crippen LogP contribution in [0.5, 0.6) is 0 Å². The molecule has 0 spiro atoms. The van der Waals surface area contributed by atoms with Crippen LogP contribution in [0.4, 0.5) is 0 Å². The van der Waals surface area contributed by atoms with Gasteiger partial charge in [-0.3, -0.25) is 0 Å². The van der Waals surface area contributed by atoms with Gasteiger partial charge in [-0.05, 0) is 0 Å². The Kier molecular flexibility index (Phi) is 15.6. The van der Waals surface area contributed by atoms with E-state index in [1.807, 2.05) is 0 Å². The first-order chi connectivity index (χ1) is 9.68. The average molecular weight is 367 g/mol. The van der Waals surface area contributed by atoms with Crippen LogP contribution in [0, 0.1) is 0 Å². The van der Waals surface area contributed by atoms with Gasteiger partial charge in [0.25, 0.3) is 0 Å². The van der Waals surface area contributed by atoms with Gasteiger partial charge in [-0.25, -0.2) is 0 Å². The maximum atomic E-state index is 3.43. The first-order valence-corrected chi connectivity index (χ1v) is 16.3. The fourth-order valence-corrected chi connectivity index (χ4v) is 11.5. The number of hydrogen-bond donors (Lipinski definition) is 0. The summed E-state index contributed by atoms with van der Waals surface area (Å²) in [6.45, 7) is 6.97. The third-order valence-electron chi connectivity index (χ3n) is 4.21. The van der Waals surface area contributed by atoms with Crippen LogP contribution in [-0.4, -0.2) is 12.4 Å². The Morgan fingerprint density at radius 1 is 0.500 bits per heavy atom. The molecule has 0 aromatic carbocycles. The van der Waals surface area contributed by atoms with Crippen molar-refractivity contribution in [1.82, 2.24) is 0 Å². The van der Waals surface area contributed by atoms with Crippen LogP contribution in [0.15, 0.2) is 0 Å². The molecule has 1 unspecified atom stereocenters. The summed E-state index contributed by atoms with van der Waals surface area (Å²) in [6, 6.07) is 0. The van der Waals surface area contributed by atoms with Gasteiger partial charge in [0.15, 0.2) is 0 Å². The molecule has 0 saturated heterocycles. The monoisotopic (exact) mass is 368 g/mol. The van der Waals surface area contributed by atoms with Gasteiger partial charge in [-0.15, -0.1) is 0 Å². The summed E-state index contributed by atoms with van der Waals surface area (Å²) < 4.78 is 0. The summed E-state index contributed by atoms with van der Waals surface area (Å²) in [5.74, 6) is 0. The van der Waals surface area contributed by atoms with Crippen molar-refractivity contribution in [3.05, 3.63) is 0 Å². The summed E-state index contributed by atoms with van der Waals surface area (Å²) in [5, 5.41) is 4.79. The average Bonchev–Trinajstić information content (AvgIpc) is 2.45. The molecule has 0 aliphatic heterocycles. The van der Waals surface area contributed by atoms with E-state index < -0.39 is 12.4 Å². The van der Waals surface area contributed by atoms with Crippen molar-refractivity contribution in [2.75, 3.05) is 0 Å². The predicted molar refractivity (Wildman–Crippen MR) is 102 cm³/mol. The van der Waals surface area contributed by atoms with E-state index in [-0.39, 0.29) is 0 Å². The van der Waals surface area contributed by atoms with Gasteiger partial charge in [0.2, 0.25) is 0 Å². The number of hydrogen-bond acceptors (Lipinski definition) is 0. The fraction of sp³-hybridized carbons (Fsp3) is 1.00. The van der Waals surface area contributed by atoms with E-state index in [0.717, 1.165) is 0 Å². The van der Waals surface area contributed by atoms with Gasteiger partial charge in [-0.1, -0.05) is 0 Å². The molecule has 124 valence electrons. The first kappa shape index (κ1) is 20.9. The van der Waals surface area contributed by atoms with E-state index in [4.69, 9.17) is 0 Å². The second-order valence-corrected chi connectivity index (χ2v) is 18.8. The molecule has 2 heteroatoms. The molecule has 20 heavy (non-hydrogen) atoms. The zero-order chi connectivity index (χ0) is 15.1. The zero-order valence-corrected chi connectivity index (χ0v) is 17.5. The molecule has 0 aromatic rings. The fourth-order valence-electron chi connectivity index (χ4n) is 2.76. The Labute approximate surface area is 134 Å². The van der Waals surface area contributed by atoms with E-state index in [2.05, 4.69) is 28.7 Å². The van der Waals surface area contributed by atoms with Crippen LogP contribution in [-0.2, 0) is 0 Å². The summed E-state index contributed by atoms with van der Waals surface area (Å²) >= 11 is -1.18. The molecule has 1 atom stereocenters. The maximum absolute atomic E-state index is 3.43. The van der Waals surface area contributed by atoms with Crippen molar-refractivity contribution < 1.29 is 0 Å². The molecule has 0 rings (SSSR count). The Morgan fingerprint density at radius 2 is 0.800 bits per heavy atom. The molecule has 0 aromatic heterocycles. The molecule has 0 bridgehead atoms. The van der Waals surface area contributed by atoms with Crippen molar-refractivity contribution in [3.63, 3.8) is 0 Å². The molecule has 0 saturated carbocycles. The Hall–Kier alpha value is 0.949. The second-order valence-electron chi connectivity index (χ2n) is 6.41. The molecule has 0 N–H and O–H groups in total. The zero-order valence-electron chi connectivity index (χ0n) is 14.6. The van der Waals surface area contributed by atoms with Crippen molar-refractivity contribution in [2.24, 2.45) is 0 Å². The van der Waals surface area contributed by atoms with Crippen LogP contribution >= 0.6 is 7.93 Å². The minimum absolute atomic E-state index is 1.18. The molecule has 0 radical (unpaired) electrons. The summed E-state index contributed by atoms with van der Waals surface area (Å²) in [5.41, 5.74) is 0. The summed E-state index contributed by atoms with van der Waals surface area (Å²) in [4.78, 5) is 0.